The van der Waals surface area contributed by atoms with E-state index in [2.05, 4.69) is 93.7 Å². The van der Waals surface area contributed by atoms with Crippen LogP contribution in [0.15, 0.2) is 72.9 Å². The summed E-state index contributed by atoms with van der Waals surface area (Å²) in [6.45, 7) is 6.57. The predicted octanol–water partition coefficient (Wildman–Crippen LogP) is 25.2. The van der Waals surface area contributed by atoms with Gasteiger partial charge in [-0.2, -0.15) is 0 Å². The number of esters is 3. The molecule has 0 radical (unpaired) electrons. The minimum Gasteiger partial charge on any atom is -0.462 e. The van der Waals surface area contributed by atoms with Gasteiger partial charge in [-0.1, -0.05) is 363 Å². The monoisotopic (exact) mass is 1160 g/mol. The SMILES string of the molecule is CC/C=C\C/C=C\C/C=C\C/C=C\C/C=C\C/C=C\CCCCCCCCC(=O)OC(COC(=O)CCCCCCCCCCCCC)COC(=O)CCCCCCCCCCCCCCCCCCCCCCCCCCCCCCC. The van der Waals surface area contributed by atoms with Crippen molar-refractivity contribution >= 4 is 17.9 Å². The number of carbonyl (C=O) groups is 3. The van der Waals surface area contributed by atoms with Gasteiger partial charge in [0.2, 0.25) is 0 Å². The van der Waals surface area contributed by atoms with Crippen LogP contribution >= 0.6 is 0 Å². The average Bonchev–Trinajstić information content (AvgIpc) is 3.48. The molecule has 1 atom stereocenters. The second-order valence-corrected chi connectivity index (χ2v) is 24.5. The number of allylic oxidation sites excluding steroid dienone is 12. The summed E-state index contributed by atoms with van der Waals surface area (Å²) in [6, 6.07) is 0. The molecular formula is C77H138O6. The summed E-state index contributed by atoms with van der Waals surface area (Å²) in [5.74, 6) is -0.870. The van der Waals surface area contributed by atoms with Gasteiger partial charge < -0.3 is 14.2 Å². The van der Waals surface area contributed by atoms with E-state index >= 15 is 0 Å². The highest BCUT2D eigenvalue weighted by molar-refractivity contribution is 5.71. The minimum atomic E-state index is -0.782. The van der Waals surface area contributed by atoms with Gasteiger partial charge in [0.1, 0.15) is 13.2 Å². The molecule has 83 heavy (non-hydrogen) atoms. The Morgan fingerprint density at radius 3 is 0.735 bits per heavy atom. The fourth-order valence-electron chi connectivity index (χ4n) is 10.8. The van der Waals surface area contributed by atoms with Gasteiger partial charge >= 0.3 is 17.9 Å². The number of rotatable bonds is 67. The van der Waals surface area contributed by atoms with Crippen molar-refractivity contribution in [1.29, 1.82) is 0 Å². The number of carbonyl (C=O) groups excluding carboxylic acids is 3. The largest absolute Gasteiger partial charge is 0.462 e. The summed E-state index contributed by atoms with van der Waals surface area (Å²) in [5, 5.41) is 0. The van der Waals surface area contributed by atoms with Gasteiger partial charge in [0.25, 0.3) is 0 Å². The highest BCUT2D eigenvalue weighted by atomic mass is 16.6. The number of hydrogen-bond donors (Lipinski definition) is 0. The minimum absolute atomic E-state index is 0.0768. The zero-order valence-corrected chi connectivity index (χ0v) is 55.5. The highest BCUT2D eigenvalue weighted by Gasteiger charge is 2.19. The van der Waals surface area contributed by atoms with Crippen LogP contribution in [0.3, 0.4) is 0 Å². The Hall–Kier alpha value is -3.15. The molecule has 0 fully saturated rings. The van der Waals surface area contributed by atoms with Crippen molar-refractivity contribution in [2.24, 2.45) is 0 Å². The van der Waals surface area contributed by atoms with E-state index < -0.39 is 6.10 Å². The third-order valence-electron chi connectivity index (χ3n) is 16.2. The molecule has 1 unspecified atom stereocenters. The third-order valence-corrected chi connectivity index (χ3v) is 16.2. The number of hydrogen-bond acceptors (Lipinski definition) is 6. The van der Waals surface area contributed by atoms with E-state index in [-0.39, 0.29) is 31.1 Å². The molecule has 482 valence electrons. The highest BCUT2D eigenvalue weighted by Crippen LogP contribution is 2.19. The van der Waals surface area contributed by atoms with Gasteiger partial charge in [0.05, 0.1) is 0 Å². The van der Waals surface area contributed by atoms with Crippen LogP contribution in [-0.2, 0) is 28.6 Å². The maximum absolute atomic E-state index is 12.9. The Labute approximate surface area is 516 Å². The molecule has 0 aromatic carbocycles. The lowest BCUT2D eigenvalue weighted by Crippen LogP contribution is -2.30. The second-order valence-electron chi connectivity index (χ2n) is 24.5. The molecular weight excluding hydrogens is 1020 g/mol. The molecule has 0 spiro atoms. The Balaban J connectivity index is 4.20. The first kappa shape index (κ1) is 79.8. The first-order valence-electron chi connectivity index (χ1n) is 36.4. The van der Waals surface area contributed by atoms with Gasteiger partial charge in [-0.25, -0.2) is 0 Å². The van der Waals surface area contributed by atoms with E-state index in [1.165, 1.54) is 231 Å². The van der Waals surface area contributed by atoms with Gasteiger partial charge in [0, 0.05) is 19.3 Å². The van der Waals surface area contributed by atoms with Gasteiger partial charge in [-0.15, -0.1) is 0 Å². The summed E-state index contributed by atoms with van der Waals surface area (Å²) in [6.07, 6.45) is 93.8. The molecule has 0 aliphatic heterocycles. The number of ether oxygens (including phenoxy) is 3. The molecule has 0 aromatic heterocycles. The molecule has 0 saturated carbocycles. The average molecular weight is 1160 g/mol. The summed E-state index contributed by atoms with van der Waals surface area (Å²) in [7, 11) is 0. The van der Waals surface area contributed by atoms with Crippen molar-refractivity contribution in [1.82, 2.24) is 0 Å². The van der Waals surface area contributed by atoms with Crippen molar-refractivity contribution in [3.8, 4) is 0 Å². The van der Waals surface area contributed by atoms with Crippen LogP contribution in [0.1, 0.15) is 380 Å². The topological polar surface area (TPSA) is 78.9 Å². The van der Waals surface area contributed by atoms with Gasteiger partial charge in [-0.3, -0.25) is 14.4 Å². The Kier molecular flexibility index (Phi) is 68.6. The van der Waals surface area contributed by atoms with Crippen LogP contribution in [0.4, 0.5) is 0 Å². The fraction of sp³-hybridized carbons (Fsp3) is 0.805. The predicted molar refractivity (Wildman–Crippen MR) is 362 cm³/mol. The standard InChI is InChI=1S/C77H138O6/c1-4-7-10-13-16-19-22-24-26-28-30-32-34-36-37-38-39-41-42-44-46-48-50-52-55-58-61-64-67-70-76(79)82-73-74(72-81-75(78)69-66-63-60-57-54-21-18-15-12-9-6-3)83-77(80)71-68-65-62-59-56-53-51-49-47-45-43-40-35-33-31-29-27-25-23-20-17-14-11-8-5-2/h8,11,17,20,25,27,31,33,40,43,47,49,74H,4-7,9-10,12-16,18-19,21-24,26,28-30,32,34-39,41-42,44-46,48,50-73H2,1-3H3/b11-8-,20-17-,27-25-,33-31-,43-40-,49-47-. The summed E-state index contributed by atoms with van der Waals surface area (Å²) < 4.78 is 17.0. The second kappa shape index (κ2) is 71.3. The van der Waals surface area contributed by atoms with Crippen LogP contribution in [0, 0.1) is 0 Å². The maximum atomic E-state index is 12.9. The molecule has 0 aliphatic rings. The van der Waals surface area contributed by atoms with Crippen molar-refractivity contribution in [2.75, 3.05) is 13.2 Å². The molecule has 0 rings (SSSR count). The summed E-state index contributed by atoms with van der Waals surface area (Å²) >= 11 is 0. The van der Waals surface area contributed by atoms with E-state index in [0.29, 0.717) is 19.3 Å². The molecule has 0 aliphatic carbocycles. The van der Waals surface area contributed by atoms with Crippen molar-refractivity contribution < 1.29 is 28.6 Å². The summed E-state index contributed by atoms with van der Waals surface area (Å²) in [5.41, 5.74) is 0. The van der Waals surface area contributed by atoms with E-state index in [0.717, 1.165) is 109 Å². The van der Waals surface area contributed by atoms with Crippen LogP contribution in [-0.4, -0.2) is 37.2 Å². The zero-order chi connectivity index (χ0) is 59.9. The summed E-state index contributed by atoms with van der Waals surface area (Å²) in [4.78, 5) is 38.4. The molecule has 6 heteroatoms. The van der Waals surface area contributed by atoms with E-state index in [1.54, 1.807) is 0 Å². The molecule has 0 amide bonds. The number of unbranched alkanes of at least 4 members (excludes halogenated alkanes) is 44. The first-order valence-corrected chi connectivity index (χ1v) is 36.4. The molecule has 0 heterocycles. The zero-order valence-electron chi connectivity index (χ0n) is 55.5. The lowest BCUT2D eigenvalue weighted by molar-refractivity contribution is -0.167. The van der Waals surface area contributed by atoms with Crippen LogP contribution in [0.25, 0.3) is 0 Å². The van der Waals surface area contributed by atoms with Crippen LogP contribution < -0.4 is 0 Å². The Morgan fingerprint density at radius 1 is 0.253 bits per heavy atom. The van der Waals surface area contributed by atoms with Gasteiger partial charge in [0.15, 0.2) is 6.10 Å². The van der Waals surface area contributed by atoms with Crippen molar-refractivity contribution in [3.05, 3.63) is 72.9 Å². The maximum Gasteiger partial charge on any atom is 0.306 e. The molecule has 0 N–H and O–H groups in total. The van der Waals surface area contributed by atoms with E-state index in [9.17, 15) is 14.4 Å². The Morgan fingerprint density at radius 2 is 0.470 bits per heavy atom. The quantitative estimate of drug-likeness (QED) is 0.0261. The molecule has 0 bridgehead atoms. The van der Waals surface area contributed by atoms with Crippen molar-refractivity contribution in [3.63, 3.8) is 0 Å². The van der Waals surface area contributed by atoms with Crippen LogP contribution in [0.5, 0.6) is 0 Å². The van der Waals surface area contributed by atoms with Gasteiger partial charge in [-0.05, 0) is 70.6 Å². The Bertz CT molecular complexity index is 1520. The lowest BCUT2D eigenvalue weighted by Gasteiger charge is -2.18. The van der Waals surface area contributed by atoms with E-state index in [1.807, 2.05) is 0 Å². The van der Waals surface area contributed by atoms with Crippen molar-refractivity contribution in [2.45, 2.75) is 386 Å². The molecule has 0 saturated heterocycles. The van der Waals surface area contributed by atoms with Crippen LogP contribution in [0.2, 0.25) is 0 Å². The molecule has 6 nitrogen and oxygen atoms in total. The normalized spacial score (nSPS) is 12.5. The molecule has 0 aromatic rings. The smallest absolute Gasteiger partial charge is 0.306 e. The third kappa shape index (κ3) is 69.5. The fourth-order valence-corrected chi connectivity index (χ4v) is 10.8. The van der Waals surface area contributed by atoms with E-state index in [4.69, 9.17) is 14.2 Å². The lowest BCUT2D eigenvalue weighted by atomic mass is 10.0. The first-order chi connectivity index (χ1) is 41.0.